The summed E-state index contributed by atoms with van der Waals surface area (Å²) in [6, 6.07) is 76.7. The van der Waals surface area contributed by atoms with Gasteiger partial charge in [0, 0.05) is 155 Å². The zero-order chi connectivity index (χ0) is 98.2. The predicted octanol–water partition coefficient (Wildman–Crippen LogP) is 22.7. The minimum absolute atomic E-state index is 0.0224. The van der Waals surface area contributed by atoms with Crippen molar-refractivity contribution < 1.29 is 85.5 Å². The zero-order valence-corrected chi connectivity index (χ0v) is 81.3. The number of likely N-dealkylation sites (tertiary alicyclic amines) is 3. The number of benzene rings is 9. The number of hydrogen-bond acceptors (Lipinski definition) is 19. The summed E-state index contributed by atoms with van der Waals surface area (Å²) >= 11 is 0. The number of phenols is 1. The number of amides is 4. The third kappa shape index (κ3) is 27.0. The van der Waals surface area contributed by atoms with Gasteiger partial charge in [-0.15, -0.1) is 0 Å². The van der Waals surface area contributed by atoms with Crippen LogP contribution in [0.2, 0.25) is 0 Å². The quantitative estimate of drug-likeness (QED) is 0.0355. The molecule has 141 heavy (non-hydrogen) atoms. The molecule has 9 aromatic carbocycles. The molecule has 5 fully saturated rings. The molecule has 5 aromatic heterocycles. The summed E-state index contributed by atoms with van der Waals surface area (Å²) in [6.45, 7) is 12.0. The van der Waals surface area contributed by atoms with Crippen LogP contribution in [0.3, 0.4) is 0 Å². The maximum absolute atomic E-state index is 13.3. The molecule has 0 spiro atoms. The molecule has 14 aromatic rings. The number of nitrogens with zero attached hydrogens (tertiary/aromatic N) is 4. The van der Waals surface area contributed by atoms with Gasteiger partial charge in [0.15, 0.2) is 0 Å². The minimum Gasteiger partial charge on any atom is -0.508 e. The average molecular weight is 1910 g/mol. The Kier molecular flexibility index (Phi) is 37.3. The van der Waals surface area contributed by atoms with Crippen LogP contribution in [0.15, 0.2) is 265 Å². The summed E-state index contributed by atoms with van der Waals surface area (Å²) in [5.41, 5.74) is 14.8. The lowest BCUT2D eigenvalue weighted by molar-refractivity contribution is -0.191. The van der Waals surface area contributed by atoms with Gasteiger partial charge in [-0.3, -0.25) is 9.59 Å². The number of rotatable bonds is 25. The molecular weight excluding hydrogens is 1780 g/mol. The van der Waals surface area contributed by atoms with E-state index in [0.717, 1.165) is 243 Å². The molecule has 7 atom stereocenters. The van der Waals surface area contributed by atoms with Crippen molar-refractivity contribution in [2.45, 2.75) is 218 Å². The summed E-state index contributed by atoms with van der Waals surface area (Å²) in [5, 5.41) is 46.2. The third-order valence-electron chi connectivity index (χ3n) is 27.7. The van der Waals surface area contributed by atoms with Crippen molar-refractivity contribution in [1.82, 2.24) is 24.9 Å². The number of nitrogens with one attached hydrogen (secondary N) is 1. The molecule has 0 saturated carbocycles. The molecule has 2 bridgehead atoms. The second kappa shape index (κ2) is 51.6. The number of para-hydroxylation sites is 5. The maximum atomic E-state index is 13.3. The van der Waals surface area contributed by atoms with Gasteiger partial charge in [0.05, 0.1) is 13.2 Å². The van der Waals surface area contributed by atoms with E-state index in [4.69, 9.17) is 56.1 Å². The number of allylic oxidation sites excluding steroid dienone is 1. The maximum Gasteiger partial charge on any atom is 0.410 e. The highest BCUT2D eigenvalue weighted by molar-refractivity contribution is 5.88. The van der Waals surface area contributed by atoms with Crippen molar-refractivity contribution in [3.05, 3.63) is 322 Å². The van der Waals surface area contributed by atoms with Gasteiger partial charge in [0.2, 0.25) is 11.8 Å². The van der Waals surface area contributed by atoms with Crippen molar-refractivity contribution in [2.75, 3.05) is 59.2 Å². The molecule has 4 amide bonds. The molecule has 0 unspecified atom stereocenters. The second-order valence-corrected chi connectivity index (χ2v) is 37.5. The lowest BCUT2D eigenvalue weighted by atomic mass is 9.96. The molecule has 0 radical (unpaired) electrons. The lowest BCUT2D eigenvalue weighted by Crippen LogP contribution is -2.40. The fraction of sp³-hybridized carbons (Fsp3) is 0.381. The molecular formula is C118H133N5O18. The van der Waals surface area contributed by atoms with Crippen LogP contribution < -0.4 is 10.1 Å². The Bertz CT molecular complexity index is 6290. The Morgan fingerprint density at radius 1 is 0.489 bits per heavy atom. The van der Waals surface area contributed by atoms with Gasteiger partial charge < -0.3 is 81.6 Å². The van der Waals surface area contributed by atoms with E-state index in [1.807, 2.05) is 193 Å². The fourth-order valence-electron chi connectivity index (χ4n) is 20.7. The zero-order valence-electron chi connectivity index (χ0n) is 81.3. The number of carbonyl (C=O) groups is 4. The molecule has 12 heterocycles. The first kappa shape index (κ1) is 102. The van der Waals surface area contributed by atoms with E-state index >= 15 is 0 Å². The number of aromatic hydroxyl groups is 1. The Balaban J connectivity index is 0.000000133. The first-order chi connectivity index (χ1) is 69.1. The summed E-state index contributed by atoms with van der Waals surface area (Å²) < 4.78 is 47.5. The van der Waals surface area contributed by atoms with Crippen LogP contribution in [-0.4, -0.2) is 160 Å². The van der Waals surface area contributed by atoms with Crippen LogP contribution in [0, 0.1) is 11.8 Å². The summed E-state index contributed by atoms with van der Waals surface area (Å²) in [4.78, 5) is 76.2. The number of aliphatic hydroxyl groups excluding tert-OH is 3. The lowest BCUT2D eigenvalue weighted by Gasteiger charge is -2.28. The first-order valence-electron chi connectivity index (χ1n) is 50.5. The molecule has 738 valence electrons. The van der Waals surface area contributed by atoms with Gasteiger partial charge in [0.1, 0.15) is 81.4 Å². The molecule has 5 N–H and O–H groups in total. The SMILES string of the molecule is CC/C=C/c1oc2ccccc2c1C[C@@H]1CCCN1C(=O)OCc1ccccc1.C[C@@H](Cc1ccc(O)cc1)C(=O)N1CCC[C@H]1Cc1c(CCCO)oc2ccccc12.C[C@H]1Cc2ccc(cc2)OCCCc2oc3ccccc3c2C[C@@H]2CCCN2C1=O.O=C(OCc1ccccc1)N1CCC[C@H]1Cc1c(/C=C/CO)oc2ccccc12.O=C=O.OCCCc1oc2ccccc2c1C[C@@H]1CCCN1. The van der Waals surface area contributed by atoms with Gasteiger partial charge in [-0.1, -0.05) is 209 Å². The van der Waals surface area contributed by atoms with Gasteiger partial charge in [0.25, 0.3) is 0 Å². The van der Waals surface area contributed by atoms with Gasteiger partial charge in [-0.2, -0.15) is 9.59 Å². The highest BCUT2D eigenvalue weighted by atomic mass is 16.6. The fourth-order valence-corrected chi connectivity index (χ4v) is 20.7. The van der Waals surface area contributed by atoms with E-state index < -0.39 is 0 Å². The minimum atomic E-state index is -0.267. The molecule has 23 heteroatoms. The molecule has 23 nitrogen and oxygen atoms in total. The Labute approximate surface area is 825 Å². The summed E-state index contributed by atoms with van der Waals surface area (Å²) in [6.07, 6.45) is 29.2. The number of aliphatic hydroxyl groups is 3. The van der Waals surface area contributed by atoms with Crippen molar-refractivity contribution in [3.63, 3.8) is 0 Å². The Morgan fingerprint density at radius 2 is 0.950 bits per heavy atom. The third-order valence-corrected chi connectivity index (χ3v) is 27.7. The van der Waals surface area contributed by atoms with E-state index in [2.05, 4.69) is 89.6 Å². The monoisotopic (exact) mass is 1910 g/mol. The highest BCUT2D eigenvalue weighted by Crippen LogP contribution is 2.39. The van der Waals surface area contributed by atoms with Crippen molar-refractivity contribution in [1.29, 1.82) is 0 Å². The standard InChI is InChI=1S/C26H31NO4.C26H29NO3.C25H27NO3.C24H25NO4.C16H21NO2.CO2/c1-18(16-19-10-12-21(29)13-11-19)26(30)27-14-4-6-20(27)17-23-22-7-2-3-8-24(22)31-25(23)9-5-15-28;1-18-16-19-10-12-21(13-11-19)29-15-5-9-25-23(22-7-2-3-8-24(22)30-25)17-20-6-4-14-27(20)26(18)28;1-2-3-14-24-22(21-13-7-8-15-23(21)29-24)17-20-12-9-16-26(20)25(27)28-18-19-10-5-4-6-11-19;26-15-7-13-23-21(20-11-4-5-12-22(20)29-23)16-19-10-6-14-25(19)24(27)28-17-18-8-2-1-3-9-18;18-10-4-8-16-14(11-12-5-3-9-17-12)13-6-1-2-7-15(13)19-16;2-1-3/h2-3,7-8,10-13,18,20,28-29H,4-6,9,14-17H2,1H3;2-3,7-8,10-13,18,20H,4-6,9,14-17H2,1H3;3-8,10-11,13-15,20H,2,9,12,16-18H2,1H3;1-5,7-9,11-13,19,26H,6,10,14-17H2;1-2,6-7,12,17-18H,3-5,8-11H2;/b;;14-3+;13-7+;;/t2*18-,20-;20-;19-;12-;/m00000./s1. The smallest absolute Gasteiger partial charge is 0.410 e. The molecule has 5 saturated heterocycles. The van der Waals surface area contributed by atoms with E-state index in [1.165, 1.54) is 51.4 Å². The van der Waals surface area contributed by atoms with Crippen LogP contribution in [0.4, 0.5) is 9.59 Å². The summed E-state index contributed by atoms with van der Waals surface area (Å²) in [5.74, 6) is 6.15. The van der Waals surface area contributed by atoms with E-state index in [0.29, 0.717) is 51.5 Å². The highest BCUT2D eigenvalue weighted by Gasteiger charge is 2.38. The first-order valence-corrected chi connectivity index (χ1v) is 50.5. The van der Waals surface area contributed by atoms with Crippen LogP contribution in [0.5, 0.6) is 11.5 Å². The molecule has 7 aliphatic rings. The van der Waals surface area contributed by atoms with Gasteiger partial charge >= 0.3 is 18.3 Å². The average Bonchev–Trinajstić information content (AvgIpc) is 1.64. The van der Waals surface area contributed by atoms with Gasteiger partial charge in [-0.05, 0) is 230 Å². The number of phenolic OH excluding ortho intramolecular Hbond substituents is 1. The molecule has 7 aliphatic heterocycles. The second-order valence-electron chi connectivity index (χ2n) is 37.5. The molecule has 0 aliphatic carbocycles. The predicted molar refractivity (Wildman–Crippen MR) is 548 cm³/mol. The van der Waals surface area contributed by atoms with Gasteiger partial charge in [-0.25, -0.2) is 9.59 Å². The normalized spacial score (nSPS) is 18.2. The molecule has 21 rings (SSSR count). The number of hydrogen-bond donors (Lipinski definition) is 5. The largest absolute Gasteiger partial charge is 0.508 e. The number of carbonyl (C=O) groups excluding carboxylic acids is 6. The van der Waals surface area contributed by atoms with Crippen LogP contribution in [-0.2, 0) is 106 Å². The number of ether oxygens (including phenoxy) is 3. The van der Waals surface area contributed by atoms with E-state index in [9.17, 15) is 29.4 Å². The van der Waals surface area contributed by atoms with E-state index in [1.54, 1.807) is 18.2 Å². The van der Waals surface area contributed by atoms with Crippen molar-refractivity contribution in [3.8, 4) is 11.5 Å². The topological polar surface area (TPSA) is 302 Å². The summed E-state index contributed by atoms with van der Waals surface area (Å²) in [7, 11) is 0. The van der Waals surface area contributed by atoms with E-state index in [-0.39, 0.29) is 98.3 Å². The van der Waals surface area contributed by atoms with Crippen LogP contribution in [0.25, 0.3) is 67.0 Å². The Morgan fingerprint density at radius 3 is 1.46 bits per heavy atom. The number of aryl methyl sites for hydroxylation is 3. The van der Waals surface area contributed by atoms with Crippen LogP contribution >= 0.6 is 0 Å². The van der Waals surface area contributed by atoms with Crippen molar-refractivity contribution >= 4 is 97.2 Å². The number of fused-ring (bicyclic) bond motifs is 12. The Hall–Kier alpha value is -13.5. The van der Waals surface area contributed by atoms with Crippen molar-refractivity contribution in [2.24, 2.45) is 11.8 Å². The number of furan rings is 5. The van der Waals surface area contributed by atoms with Crippen LogP contribution in [0.1, 0.15) is 190 Å².